The molecule has 10 heteroatoms. The van der Waals surface area contributed by atoms with E-state index in [4.69, 9.17) is 23.7 Å². The van der Waals surface area contributed by atoms with E-state index in [0.717, 1.165) is 0 Å². The number of aliphatic hydroxyl groups excluding tert-OH is 4. The van der Waals surface area contributed by atoms with Crippen LogP contribution in [0.15, 0.2) is 36.4 Å². The molecule has 4 rings (SSSR count). The van der Waals surface area contributed by atoms with Gasteiger partial charge in [0, 0.05) is 12.1 Å². The molecular weight excluding hydrogens is 436 g/mol. The van der Waals surface area contributed by atoms with Crippen molar-refractivity contribution in [1.82, 2.24) is 0 Å². The molecule has 180 valence electrons. The first kappa shape index (κ1) is 23.6. The number of aromatic hydroxyl groups is 1. The molecule has 8 unspecified atom stereocenters. The fourth-order valence-corrected chi connectivity index (χ4v) is 4.13. The van der Waals surface area contributed by atoms with Crippen LogP contribution in [0.5, 0.6) is 23.0 Å². The van der Waals surface area contributed by atoms with Crippen LogP contribution >= 0.6 is 0 Å². The Kier molecular flexibility index (Phi) is 6.66. The third kappa shape index (κ3) is 4.33. The summed E-state index contributed by atoms with van der Waals surface area (Å²) in [4.78, 5) is 0. The van der Waals surface area contributed by atoms with Crippen molar-refractivity contribution < 1.29 is 49.2 Å². The zero-order valence-electron chi connectivity index (χ0n) is 18.4. The Morgan fingerprint density at radius 3 is 2.21 bits per heavy atom. The standard InChI is InChI=1S/C23H28O10/c1-10-17(25)19(27)20(28)23(31-10)33-22-18(26)16-14(30-3)8-13(29-2)9-15(16)32-21(22)11-4-6-12(24)7-5-11/h4-10,17-28H,1-3H3. The normalized spacial score (nSPS) is 33.7. The summed E-state index contributed by atoms with van der Waals surface area (Å²) in [5.41, 5.74) is 0.889. The Hall–Kier alpha value is -2.60. The minimum absolute atomic E-state index is 0.0493. The highest BCUT2D eigenvalue weighted by molar-refractivity contribution is 5.54. The second kappa shape index (κ2) is 9.34. The molecule has 0 aliphatic carbocycles. The van der Waals surface area contributed by atoms with Gasteiger partial charge in [0.2, 0.25) is 0 Å². The van der Waals surface area contributed by atoms with Gasteiger partial charge in [-0.1, -0.05) is 12.1 Å². The van der Waals surface area contributed by atoms with Crippen molar-refractivity contribution >= 4 is 0 Å². The van der Waals surface area contributed by atoms with E-state index < -0.39 is 49.0 Å². The van der Waals surface area contributed by atoms with Crippen molar-refractivity contribution in [2.24, 2.45) is 0 Å². The molecule has 0 bridgehead atoms. The van der Waals surface area contributed by atoms with E-state index in [2.05, 4.69) is 0 Å². The lowest BCUT2D eigenvalue weighted by molar-refractivity contribution is -0.319. The van der Waals surface area contributed by atoms with Gasteiger partial charge in [0.25, 0.3) is 0 Å². The zero-order chi connectivity index (χ0) is 23.9. The second-order valence-electron chi connectivity index (χ2n) is 8.10. The van der Waals surface area contributed by atoms with Crippen molar-refractivity contribution in [3.8, 4) is 23.0 Å². The number of hydrogen-bond acceptors (Lipinski definition) is 10. The number of hydrogen-bond donors (Lipinski definition) is 5. The molecular formula is C23H28O10. The molecule has 1 saturated heterocycles. The Labute approximate surface area is 190 Å². The van der Waals surface area contributed by atoms with Crippen molar-refractivity contribution in [3.63, 3.8) is 0 Å². The topological polar surface area (TPSA) is 147 Å². The summed E-state index contributed by atoms with van der Waals surface area (Å²) in [5, 5.41) is 51.6. The van der Waals surface area contributed by atoms with E-state index in [-0.39, 0.29) is 5.75 Å². The fourth-order valence-electron chi connectivity index (χ4n) is 4.13. The molecule has 33 heavy (non-hydrogen) atoms. The number of benzene rings is 2. The third-order valence-electron chi connectivity index (χ3n) is 6.01. The van der Waals surface area contributed by atoms with E-state index in [1.807, 2.05) is 0 Å². The van der Waals surface area contributed by atoms with E-state index in [0.29, 0.717) is 28.4 Å². The highest BCUT2D eigenvalue weighted by Gasteiger charge is 2.48. The number of phenolic OH excluding ortho intramolecular Hbond substituents is 1. The van der Waals surface area contributed by atoms with Crippen molar-refractivity contribution in [2.45, 2.75) is 55.9 Å². The summed E-state index contributed by atoms with van der Waals surface area (Å²) in [5.74, 6) is 1.13. The van der Waals surface area contributed by atoms with Crippen LogP contribution in [-0.4, -0.2) is 76.6 Å². The van der Waals surface area contributed by atoms with Gasteiger partial charge in [0.1, 0.15) is 53.5 Å². The summed E-state index contributed by atoms with van der Waals surface area (Å²) >= 11 is 0. The van der Waals surface area contributed by atoms with Crippen LogP contribution in [0.2, 0.25) is 0 Å². The van der Waals surface area contributed by atoms with Crippen LogP contribution in [-0.2, 0) is 9.47 Å². The second-order valence-corrected chi connectivity index (χ2v) is 8.10. The number of ether oxygens (including phenoxy) is 5. The van der Waals surface area contributed by atoms with Gasteiger partial charge >= 0.3 is 0 Å². The molecule has 0 spiro atoms. The van der Waals surface area contributed by atoms with Crippen molar-refractivity contribution in [2.75, 3.05) is 14.2 Å². The van der Waals surface area contributed by atoms with Crippen LogP contribution in [0.25, 0.3) is 0 Å². The molecule has 0 radical (unpaired) electrons. The van der Waals surface area contributed by atoms with Gasteiger partial charge in [0.15, 0.2) is 12.4 Å². The largest absolute Gasteiger partial charge is 0.508 e. The maximum atomic E-state index is 11.4. The van der Waals surface area contributed by atoms with Crippen LogP contribution in [0.1, 0.15) is 30.3 Å². The number of fused-ring (bicyclic) bond motifs is 1. The molecule has 10 nitrogen and oxygen atoms in total. The third-order valence-corrected chi connectivity index (χ3v) is 6.01. The van der Waals surface area contributed by atoms with Crippen molar-refractivity contribution in [1.29, 1.82) is 0 Å². The van der Waals surface area contributed by atoms with E-state index in [9.17, 15) is 25.5 Å². The SMILES string of the molecule is COc1cc(OC)c2c(c1)OC(c1ccc(O)cc1)C(OC1OC(C)C(O)C(O)C1O)C2O. The maximum Gasteiger partial charge on any atom is 0.187 e. The van der Waals surface area contributed by atoms with E-state index >= 15 is 0 Å². The van der Waals surface area contributed by atoms with Crippen LogP contribution < -0.4 is 14.2 Å². The van der Waals surface area contributed by atoms with Gasteiger partial charge in [-0.15, -0.1) is 0 Å². The molecule has 2 aliphatic rings. The van der Waals surface area contributed by atoms with Crippen LogP contribution in [0, 0.1) is 0 Å². The Bertz CT molecular complexity index is 964. The molecule has 2 heterocycles. The van der Waals surface area contributed by atoms with Gasteiger partial charge in [-0.25, -0.2) is 0 Å². The summed E-state index contributed by atoms with van der Waals surface area (Å²) < 4.78 is 28.5. The van der Waals surface area contributed by atoms with Gasteiger partial charge in [-0.3, -0.25) is 0 Å². The molecule has 0 aromatic heterocycles. The lowest BCUT2D eigenvalue weighted by Crippen LogP contribution is -2.58. The molecule has 2 aromatic carbocycles. The monoisotopic (exact) mass is 464 g/mol. The summed E-state index contributed by atoms with van der Waals surface area (Å²) in [6.45, 7) is 1.53. The maximum absolute atomic E-state index is 11.4. The quantitative estimate of drug-likeness (QED) is 0.430. The smallest absolute Gasteiger partial charge is 0.187 e. The predicted molar refractivity (Wildman–Crippen MR) is 113 cm³/mol. The minimum atomic E-state index is -1.57. The minimum Gasteiger partial charge on any atom is -0.508 e. The average Bonchev–Trinajstić information content (AvgIpc) is 2.82. The Morgan fingerprint density at radius 2 is 1.58 bits per heavy atom. The molecule has 0 amide bonds. The van der Waals surface area contributed by atoms with Gasteiger partial charge in [0.05, 0.1) is 25.9 Å². The highest BCUT2D eigenvalue weighted by Crippen LogP contribution is 2.49. The number of methoxy groups -OCH3 is 2. The number of aliphatic hydroxyl groups is 4. The molecule has 1 fully saturated rings. The lowest BCUT2D eigenvalue weighted by Gasteiger charge is -2.44. The zero-order valence-corrected chi connectivity index (χ0v) is 18.4. The first-order chi connectivity index (χ1) is 15.7. The number of rotatable bonds is 5. The first-order valence-corrected chi connectivity index (χ1v) is 10.5. The van der Waals surface area contributed by atoms with Gasteiger partial charge in [-0.2, -0.15) is 0 Å². The van der Waals surface area contributed by atoms with Crippen LogP contribution in [0.3, 0.4) is 0 Å². The molecule has 5 N–H and O–H groups in total. The fraction of sp³-hybridized carbons (Fsp3) is 0.478. The highest BCUT2D eigenvalue weighted by atomic mass is 16.7. The van der Waals surface area contributed by atoms with Gasteiger partial charge < -0.3 is 49.2 Å². The summed E-state index contributed by atoms with van der Waals surface area (Å²) in [7, 11) is 2.93. The molecule has 0 saturated carbocycles. The van der Waals surface area contributed by atoms with E-state index in [1.165, 1.54) is 33.3 Å². The Morgan fingerprint density at radius 1 is 0.879 bits per heavy atom. The average molecular weight is 464 g/mol. The predicted octanol–water partition coefficient (Wildman–Crippen LogP) is 0.789. The lowest BCUT2D eigenvalue weighted by atomic mass is 9.90. The summed E-state index contributed by atoms with van der Waals surface area (Å²) in [6, 6.07) is 9.38. The number of phenols is 1. The van der Waals surface area contributed by atoms with Crippen LogP contribution in [0.4, 0.5) is 0 Å². The summed E-state index contributed by atoms with van der Waals surface area (Å²) in [6.07, 6.45) is -9.84. The van der Waals surface area contributed by atoms with Crippen molar-refractivity contribution in [3.05, 3.63) is 47.5 Å². The molecule has 2 aliphatic heterocycles. The van der Waals surface area contributed by atoms with E-state index in [1.54, 1.807) is 24.3 Å². The Balaban J connectivity index is 1.75. The molecule has 8 atom stereocenters. The van der Waals surface area contributed by atoms with Gasteiger partial charge in [-0.05, 0) is 24.6 Å². The first-order valence-electron chi connectivity index (χ1n) is 10.5. The molecule has 2 aromatic rings.